The van der Waals surface area contributed by atoms with Crippen molar-refractivity contribution in [2.45, 2.75) is 38.3 Å². The minimum absolute atomic E-state index is 0.538. The molecule has 1 aromatic carbocycles. The molecule has 0 heterocycles. The minimum Gasteiger partial charge on any atom is -0.329 e. The summed E-state index contributed by atoms with van der Waals surface area (Å²) in [5.74, 6) is 0.801. The quantitative estimate of drug-likeness (QED) is 0.903. The molecule has 0 radical (unpaired) electrons. The van der Waals surface area contributed by atoms with Crippen LogP contribution in [0.4, 0.5) is 0 Å². The molecule has 0 aliphatic heterocycles. The molecule has 1 aliphatic rings. The highest BCUT2D eigenvalue weighted by atomic mass is 79.9. The van der Waals surface area contributed by atoms with Gasteiger partial charge in [-0.05, 0) is 43.5 Å². The molecule has 1 atom stereocenters. The first-order chi connectivity index (χ1) is 8.70. The van der Waals surface area contributed by atoms with E-state index in [4.69, 9.17) is 5.73 Å². The molecule has 0 aromatic heterocycles. The second-order valence-electron chi connectivity index (χ2n) is 5.39. The summed E-state index contributed by atoms with van der Waals surface area (Å²) in [6.45, 7) is 1.77. The SMILES string of the molecule is CN(Cc1ccc(Br)cc1)C(CN)C1CCCC1. The van der Waals surface area contributed by atoms with Crippen molar-refractivity contribution in [1.29, 1.82) is 0 Å². The summed E-state index contributed by atoms with van der Waals surface area (Å²) in [4.78, 5) is 2.43. The van der Waals surface area contributed by atoms with Crippen LogP contribution in [0.2, 0.25) is 0 Å². The second kappa shape index (κ2) is 6.69. The minimum atomic E-state index is 0.538. The van der Waals surface area contributed by atoms with Gasteiger partial charge in [0.1, 0.15) is 0 Å². The predicted molar refractivity (Wildman–Crippen MR) is 80.4 cm³/mol. The average molecular weight is 311 g/mol. The Bertz CT molecular complexity index is 357. The van der Waals surface area contributed by atoms with Crippen molar-refractivity contribution in [2.24, 2.45) is 11.7 Å². The highest BCUT2D eigenvalue weighted by Crippen LogP contribution is 2.30. The molecule has 100 valence electrons. The molecule has 0 saturated heterocycles. The van der Waals surface area contributed by atoms with Gasteiger partial charge in [0.15, 0.2) is 0 Å². The van der Waals surface area contributed by atoms with E-state index in [1.807, 2.05) is 0 Å². The first kappa shape index (κ1) is 14.0. The highest BCUT2D eigenvalue weighted by molar-refractivity contribution is 9.10. The van der Waals surface area contributed by atoms with Gasteiger partial charge in [-0.1, -0.05) is 40.9 Å². The Hall–Kier alpha value is -0.380. The summed E-state index contributed by atoms with van der Waals surface area (Å²) in [5, 5.41) is 0. The molecule has 2 nitrogen and oxygen atoms in total. The molecule has 2 rings (SSSR count). The van der Waals surface area contributed by atoms with Crippen molar-refractivity contribution in [2.75, 3.05) is 13.6 Å². The number of halogens is 1. The van der Waals surface area contributed by atoms with Crippen LogP contribution in [-0.4, -0.2) is 24.5 Å². The van der Waals surface area contributed by atoms with Crippen molar-refractivity contribution >= 4 is 15.9 Å². The Morgan fingerprint density at radius 3 is 2.44 bits per heavy atom. The van der Waals surface area contributed by atoms with Crippen LogP contribution in [0.5, 0.6) is 0 Å². The van der Waals surface area contributed by atoms with Gasteiger partial charge >= 0.3 is 0 Å². The van der Waals surface area contributed by atoms with Crippen molar-refractivity contribution in [1.82, 2.24) is 4.90 Å². The lowest BCUT2D eigenvalue weighted by Gasteiger charge is -2.31. The van der Waals surface area contributed by atoms with Gasteiger partial charge in [-0.25, -0.2) is 0 Å². The number of rotatable bonds is 5. The molecular weight excluding hydrogens is 288 g/mol. The Labute approximate surface area is 119 Å². The lowest BCUT2D eigenvalue weighted by Crippen LogP contribution is -2.42. The molecule has 1 unspecified atom stereocenters. The van der Waals surface area contributed by atoms with E-state index in [1.54, 1.807) is 0 Å². The fraction of sp³-hybridized carbons (Fsp3) is 0.600. The fourth-order valence-electron chi connectivity index (χ4n) is 3.07. The van der Waals surface area contributed by atoms with E-state index in [0.717, 1.165) is 23.5 Å². The smallest absolute Gasteiger partial charge is 0.0247 e. The molecule has 3 heteroatoms. The molecule has 0 bridgehead atoms. The van der Waals surface area contributed by atoms with Crippen LogP contribution in [0.1, 0.15) is 31.2 Å². The Morgan fingerprint density at radius 1 is 1.28 bits per heavy atom. The van der Waals surface area contributed by atoms with Gasteiger partial charge in [-0.3, -0.25) is 4.90 Å². The number of hydrogen-bond donors (Lipinski definition) is 1. The number of hydrogen-bond acceptors (Lipinski definition) is 2. The van der Waals surface area contributed by atoms with Gasteiger partial charge in [-0.15, -0.1) is 0 Å². The van der Waals surface area contributed by atoms with E-state index in [0.29, 0.717) is 6.04 Å². The lowest BCUT2D eigenvalue weighted by molar-refractivity contribution is 0.174. The van der Waals surface area contributed by atoms with Crippen molar-refractivity contribution < 1.29 is 0 Å². The number of nitrogens with zero attached hydrogens (tertiary/aromatic N) is 1. The third kappa shape index (κ3) is 3.56. The van der Waals surface area contributed by atoms with Crippen LogP contribution in [0.15, 0.2) is 28.7 Å². The van der Waals surface area contributed by atoms with Crippen LogP contribution < -0.4 is 5.73 Å². The maximum atomic E-state index is 5.98. The monoisotopic (exact) mass is 310 g/mol. The van der Waals surface area contributed by atoms with E-state index in [2.05, 4.69) is 52.1 Å². The van der Waals surface area contributed by atoms with Crippen LogP contribution >= 0.6 is 15.9 Å². The van der Waals surface area contributed by atoms with Crippen LogP contribution in [0.3, 0.4) is 0 Å². The zero-order valence-electron chi connectivity index (χ0n) is 11.1. The van der Waals surface area contributed by atoms with Gasteiger partial charge in [0.25, 0.3) is 0 Å². The maximum absolute atomic E-state index is 5.98. The van der Waals surface area contributed by atoms with Gasteiger partial charge in [0.05, 0.1) is 0 Å². The summed E-state index contributed by atoms with van der Waals surface area (Å²) in [5.41, 5.74) is 7.34. The number of nitrogens with two attached hydrogens (primary N) is 1. The third-order valence-corrected chi connectivity index (χ3v) is 4.63. The lowest BCUT2D eigenvalue weighted by atomic mass is 9.96. The Balaban J connectivity index is 1.96. The number of likely N-dealkylation sites (N-methyl/N-ethyl adjacent to an activating group) is 1. The summed E-state index contributed by atoms with van der Waals surface area (Å²) in [6.07, 6.45) is 5.47. The van der Waals surface area contributed by atoms with Crippen molar-refractivity contribution in [3.05, 3.63) is 34.3 Å². The third-order valence-electron chi connectivity index (χ3n) is 4.10. The number of benzene rings is 1. The zero-order valence-corrected chi connectivity index (χ0v) is 12.7. The van der Waals surface area contributed by atoms with Gasteiger partial charge < -0.3 is 5.73 Å². The van der Waals surface area contributed by atoms with E-state index < -0.39 is 0 Å². The Morgan fingerprint density at radius 2 is 1.89 bits per heavy atom. The molecule has 2 N–H and O–H groups in total. The van der Waals surface area contributed by atoms with Crippen molar-refractivity contribution in [3.8, 4) is 0 Å². The zero-order chi connectivity index (χ0) is 13.0. The average Bonchev–Trinajstić information content (AvgIpc) is 2.87. The largest absolute Gasteiger partial charge is 0.329 e. The topological polar surface area (TPSA) is 29.3 Å². The predicted octanol–water partition coefficient (Wildman–Crippen LogP) is 3.40. The van der Waals surface area contributed by atoms with Crippen molar-refractivity contribution in [3.63, 3.8) is 0 Å². The highest BCUT2D eigenvalue weighted by Gasteiger charge is 2.26. The maximum Gasteiger partial charge on any atom is 0.0247 e. The summed E-state index contributed by atoms with van der Waals surface area (Å²) in [7, 11) is 2.21. The van der Waals surface area contributed by atoms with Gasteiger partial charge in [0, 0.05) is 23.6 Å². The molecule has 1 aliphatic carbocycles. The summed E-state index contributed by atoms with van der Waals surface area (Å²) < 4.78 is 1.14. The molecular formula is C15H23BrN2. The van der Waals surface area contributed by atoms with Crippen LogP contribution in [-0.2, 0) is 6.54 Å². The van der Waals surface area contributed by atoms with E-state index in [9.17, 15) is 0 Å². The summed E-state index contributed by atoms with van der Waals surface area (Å²) in [6, 6.07) is 9.12. The molecule has 1 fully saturated rings. The fourth-order valence-corrected chi connectivity index (χ4v) is 3.33. The summed E-state index contributed by atoms with van der Waals surface area (Å²) >= 11 is 3.47. The van der Waals surface area contributed by atoms with Gasteiger partial charge in [-0.2, -0.15) is 0 Å². The first-order valence-electron chi connectivity index (χ1n) is 6.85. The van der Waals surface area contributed by atoms with E-state index >= 15 is 0 Å². The molecule has 0 amide bonds. The van der Waals surface area contributed by atoms with Crippen LogP contribution in [0.25, 0.3) is 0 Å². The second-order valence-corrected chi connectivity index (χ2v) is 6.30. The van der Waals surface area contributed by atoms with E-state index in [1.165, 1.54) is 31.2 Å². The molecule has 0 spiro atoms. The standard InChI is InChI=1S/C15H23BrN2/c1-18(11-12-6-8-14(16)9-7-12)15(10-17)13-4-2-3-5-13/h6-9,13,15H,2-5,10-11,17H2,1H3. The normalized spacial score (nSPS) is 18.4. The molecule has 18 heavy (non-hydrogen) atoms. The molecule has 1 saturated carbocycles. The van der Waals surface area contributed by atoms with Gasteiger partial charge in [0.2, 0.25) is 0 Å². The Kier molecular flexibility index (Phi) is 5.22. The van der Waals surface area contributed by atoms with E-state index in [-0.39, 0.29) is 0 Å². The first-order valence-corrected chi connectivity index (χ1v) is 7.64. The van der Waals surface area contributed by atoms with Crippen LogP contribution in [0, 0.1) is 5.92 Å². The molecule has 1 aromatic rings.